The molecule has 0 unspecified atom stereocenters. The van der Waals surface area contributed by atoms with Crippen molar-refractivity contribution in [3.63, 3.8) is 0 Å². The van der Waals surface area contributed by atoms with Crippen molar-refractivity contribution in [1.29, 1.82) is 0 Å². The number of hydrogen-bond acceptors (Lipinski definition) is 4. The Bertz CT molecular complexity index is 348. The largest absolute Gasteiger partial charge is 0.382 e. The molecule has 1 rings (SSSR count). The maximum atomic E-state index is 11.8. The van der Waals surface area contributed by atoms with Crippen LogP contribution in [-0.2, 0) is 9.59 Å². The Morgan fingerprint density at radius 3 is 2.29 bits per heavy atom. The lowest BCUT2D eigenvalue weighted by atomic mass is 10.1. The van der Waals surface area contributed by atoms with Gasteiger partial charge in [-0.05, 0) is 18.8 Å². The molecule has 0 saturated carbocycles. The molecule has 0 aromatic heterocycles. The van der Waals surface area contributed by atoms with Crippen molar-refractivity contribution in [1.82, 2.24) is 15.5 Å². The van der Waals surface area contributed by atoms with E-state index in [9.17, 15) is 9.59 Å². The number of carbonyl (C=O) groups excluding carboxylic acids is 2. The minimum Gasteiger partial charge on any atom is -0.382 e. The van der Waals surface area contributed by atoms with Crippen LogP contribution in [0.5, 0.6) is 0 Å². The highest BCUT2D eigenvalue weighted by molar-refractivity contribution is 6.18. The van der Waals surface area contributed by atoms with E-state index < -0.39 is 0 Å². The molecule has 1 aliphatic rings. The summed E-state index contributed by atoms with van der Waals surface area (Å²) in [4.78, 5) is 24.5. The third-order valence-corrected chi connectivity index (χ3v) is 2.80. The van der Waals surface area contributed by atoms with E-state index >= 15 is 0 Å². The van der Waals surface area contributed by atoms with E-state index in [0.717, 1.165) is 17.7 Å². The van der Waals surface area contributed by atoms with Crippen molar-refractivity contribution in [3.8, 4) is 0 Å². The zero-order valence-corrected chi connectivity index (χ0v) is 11.0. The Hall–Kier alpha value is -1.52. The van der Waals surface area contributed by atoms with Crippen LogP contribution in [0.4, 0.5) is 0 Å². The minimum atomic E-state index is -0.274. The zero-order valence-electron chi connectivity index (χ0n) is 11.0. The van der Waals surface area contributed by atoms with Crippen LogP contribution in [0.25, 0.3) is 0 Å². The van der Waals surface area contributed by atoms with Gasteiger partial charge in [-0.25, -0.2) is 0 Å². The summed E-state index contributed by atoms with van der Waals surface area (Å²) in [6.07, 6.45) is 2.09. The number of nitrogens with zero attached hydrogens (tertiary/aromatic N) is 1. The second-order valence-corrected chi connectivity index (χ2v) is 4.63. The fourth-order valence-corrected chi connectivity index (χ4v) is 1.76. The van der Waals surface area contributed by atoms with Crippen LogP contribution in [-0.4, -0.2) is 37.4 Å². The zero-order chi connectivity index (χ0) is 13.0. The first kappa shape index (κ1) is 13.5. The molecule has 0 spiro atoms. The molecule has 0 aromatic rings. The minimum absolute atomic E-state index is 0.260. The Morgan fingerprint density at radius 2 is 1.76 bits per heavy atom. The fraction of sp³-hybridized carbons (Fsp3) is 0.667. The number of hydrogen-bond donors (Lipinski definition) is 2. The van der Waals surface area contributed by atoms with Crippen molar-refractivity contribution in [3.05, 3.63) is 11.4 Å². The summed E-state index contributed by atoms with van der Waals surface area (Å²) in [5, 5.41) is 5.83. The van der Waals surface area contributed by atoms with Crippen LogP contribution in [0.15, 0.2) is 11.4 Å². The second-order valence-electron chi connectivity index (χ2n) is 4.63. The maximum Gasteiger partial charge on any atom is 0.278 e. The third kappa shape index (κ3) is 2.99. The highest BCUT2D eigenvalue weighted by Gasteiger charge is 2.35. The summed E-state index contributed by atoms with van der Waals surface area (Å²) in [6, 6.07) is 0. The lowest BCUT2D eigenvalue weighted by Crippen LogP contribution is -2.30. The van der Waals surface area contributed by atoms with Gasteiger partial charge in [0.25, 0.3) is 11.8 Å². The molecule has 1 heterocycles. The van der Waals surface area contributed by atoms with Crippen molar-refractivity contribution in [2.45, 2.75) is 26.7 Å². The van der Waals surface area contributed by atoms with Crippen molar-refractivity contribution >= 4 is 11.8 Å². The van der Waals surface area contributed by atoms with Crippen LogP contribution in [0.1, 0.15) is 26.7 Å². The standard InChI is InChI=1S/C12H21N3O2/c1-8(2)6-5-7-14-10-9(13-3)11(16)15(4)12(10)17/h8,13-14H,5-7H2,1-4H3. The van der Waals surface area contributed by atoms with E-state index in [-0.39, 0.29) is 11.8 Å². The number of carbonyl (C=O) groups is 2. The maximum absolute atomic E-state index is 11.8. The molecular formula is C12H21N3O2. The van der Waals surface area contributed by atoms with Crippen molar-refractivity contribution in [2.24, 2.45) is 5.92 Å². The molecule has 2 N–H and O–H groups in total. The van der Waals surface area contributed by atoms with Gasteiger partial charge in [-0.15, -0.1) is 0 Å². The molecule has 96 valence electrons. The van der Waals surface area contributed by atoms with Gasteiger partial charge in [-0.1, -0.05) is 13.8 Å². The van der Waals surface area contributed by atoms with E-state index in [1.807, 2.05) is 0 Å². The van der Waals surface area contributed by atoms with Crippen LogP contribution in [0.2, 0.25) is 0 Å². The lowest BCUT2D eigenvalue weighted by molar-refractivity contribution is -0.136. The van der Waals surface area contributed by atoms with Gasteiger partial charge < -0.3 is 10.6 Å². The molecule has 0 fully saturated rings. The van der Waals surface area contributed by atoms with Crippen LogP contribution >= 0.6 is 0 Å². The van der Waals surface area contributed by atoms with E-state index in [2.05, 4.69) is 24.5 Å². The summed E-state index contributed by atoms with van der Waals surface area (Å²) in [7, 11) is 3.14. The highest BCUT2D eigenvalue weighted by atomic mass is 16.2. The Labute approximate surface area is 102 Å². The summed E-state index contributed by atoms with van der Waals surface area (Å²) < 4.78 is 0. The third-order valence-electron chi connectivity index (χ3n) is 2.80. The molecule has 2 amide bonds. The Balaban J connectivity index is 2.58. The molecule has 0 aliphatic carbocycles. The van der Waals surface area contributed by atoms with Crippen LogP contribution in [0, 0.1) is 5.92 Å². The van der Waals surface area contributed by atoms with E-state index in [1.54, 1.807) is 7.05 Å². The Morgan fingerprint density at radius 1 is 1.18 bits per heavy atom. The number of nitrogens with one attached hydrogen (secondary N) is 2. The number of imide groups is 1. The van der Waals surface area contributed by atoms with E-state index in [0.29, 0.717) is 23.9 Å². The van der Waals surface area contributed by atoms with E-state index in [1.165, 1.54) is 7.05 Å². The molecule has 0 saturated heterocycles. The lowest BCUT2D eigenvalue weighted by Gasteiger charge is -2.09. The number of amides is 2. The molecular weight excluding hydrogens is 218 g/mol. The van der Waals surface area contributed by atoms with Gasteiger partial charge in [-0.2, -0.15) is 0 Å². The predicted octanol–water partition coefficient (Wildman–Crippen LogP) is 0.442. The average Bonchev–Trinajstić information content (AvgIpc) is 2.49. The quantitative estimate of drug-likeness (QED) is 0.521. The SMILES string of the molecule is CNC1=C(NCCCC(C)C)C(=O)N(C)C1=O. The van der Waals surface area contributed by atoms with Gasteiger partial charge in [0.1, 0.15) is 11.4 Å². The van der Waals surface area contributed by atoms with Gasteiger partial charge in [0.2, 0.25) is 0 Å². The first-order valence-electron chi connectivity index (χ1n) is 5.97. The summed E-state index contributed by atoms with van der Waals surface area (Å²) in [5.74, 6) is 0.117. The summed E-state index contributed by atoms with van der Waals surface area (Å²) in [6.45, 7) is 5.04. The van der Waals surface area contributed by atoms with Gasteiger partial charge in [-0.3, -0.25) is 14.5 Å². The first-order chi connectivity index (χ1) is 7.99. The molecule has 0 atom stereocenters. The predicted molar refractivity (Wildman–Crippen MR) is 65.9 cm³/mol. The fourth-order valence-electron chi connectivity index (χ4n) is 1.76. The average molecular weight is 239 g/mol. The van der Waals surface area contributed by atoms with Crippen molar-refractivity contribution in [2.75, 3.05) is 20.6 Å². The molecule has 0 aromatic carbocycles. The molecule has 5 nitrogen and oxygen atoms in total. The van der Waals surface area contributed by atoms with Crippen molar-refractivity contribution < 1.29 is 9.59 Å². The summed E-state index contributed by atoms with van der Waals surface area (Å²) >= 11 is 0. The van der Waals surface area contributed by atoms with Gasteiger partial charge >= 0.3 is 0 Å². The Kier molecular flexibility index (Phi) is 4.54. The number of rotatable bonds is 6. The first-order valence-corrected chi connectivity index (χ1v) is 5.97. The monoisotopic (exact) mass is 239 g/mol. The summed E-state index contributed by atoms with van der Waals surface area (Å²) in [5.41, 5.74) is 0.755. The molecule has 0 bridgehead atoms. The van der Waals surface area contributed by atoms with Gasteiger partial charge in [0, 0.05) is 20.6 Å². The van der Waals surface area contributed by atoms with E-state index in [4.69, 9.17) is 0 Å². The molecule has 5 heteroatoms. The molecule has 17 heavy (non-hydrogen) atoms. The normalized spacial score (nSPS) is 16.2. The van der Waals surface area contributed by atoms with Crippen LogP contribution < -0.4 is 10.6 Å². The molecule has 0 radical (unpaired) electrons. The number of likely N-dealkylation sites (N-methyl/N-ethyl adjacent to an activating group) is 2. The van der Waals surface area contributed by atoms with Gasteiger partial charge in [0.15, 0.2) is 0 Å². The second kappa shape index (κ2) is 5.70. The van der Waals surface area contributed by atoms with Crippen LogP contribution in [0.3, 0.4) is 0 Å². The highest BCUT2D eigenvalue weighted by Crippen LogP contribution is 2.14. The smallest absolute Gasteiger partial charge is 0.278 e. The topological polar surface area (TPSA) is 61.4 Å². The van der Waals surface area contributed by atoms with Gasteiger partial charge in [0.05, 0.1) is 0 Å². The molecule has 1 aliphatic heterocycles.